The molecule has 0 spiro atoms. The second-order valence-corrected chi connectivity index (χ2v) is 4.06. The van der Waals surface area contributed by atoms with Crippen molar-refractivity contribution in [3.05, 3.63) is 29.8 Å². The average Bonchev–Trinajstić information content (AvgIpc) is 2.44. The molecule has 5 N–H and O–H groups in total. The van der Waals surface area contributed by atoms with E-state index >= 15 is 0 Å². The molecule has 0 amide bonds. The van der Waals surface area contributed by atoms with Crippen LogP contribution in [0.25, 0.3) is 6.08 Å². The lowest BCUT2D eigenvalue weighted by Gasteiger charge is -2.15. The molecule has 0 aromatic heterocycles. The number of phenols is 2. The summed E-state index contributed by atoms with van der Waals surface area (Å²) in [5.41, 5.74) is 0.290. The summed E-state index contributed by atoms with van der Waals surface area (Å²) < 4.78 is 4.34. The minimum atomic E-state index is -2.41. The van der Waals surface area contributed by atoms with Crippen molar-refractivity contribution in [1.29, 1.82) is 0 Å². The van der Waals surface area contributed by atoms with E-state index in [1.807, 2.05) is 0 Å². The van der Waals surface area contributed by atoms with Gasteiger partial charge in [-0.15, -0.1) is 0 Å². The smallest absolute Gasteiger partial charge is 0.348 e. The number of carboxylic acid groups (broad SMARTS) is 2. The summed E-state index contributed by atoms with van der Waals surface area (Å²) in [7, 11) is 0. The van der Waals surface area contributed by atoms with Crippen LogP contribution in [0.2, 0.25) is 0 Å². The molecular weight excluding hydrogens is 300 g/mol. The molecule has 1 aromatic carbocycles. The fourth-order valence-corrected chi connectivity index (χ4v) is 1.35. The highest BCUT2D eigenvalue weighted by Crippen LogP contribution is 2.25. The first-order valence-electron chi connectivity index (χ1n) is 5.76. The van der Waals surface area contributed by atoms with E-state index < -0.39 is 35.9 Å². The van der Waals surface area contributed by atoms with Crippen LogP contribution in [0.3, 0.4) is 0 Å². The maximum absolute atomic E-state index is 11.4. The monoisotopic (exact) mass is 312 g/mol. The van der Waals surface area contributed by atoms with Crippen molar-refractivity contribution in [3.8, 4) is 11.5 Å². The lowest BCUT2D eigenvalue weighted by molar-refractivity contribution is -0.176. The van der Waals surface area contributed by atoms with Crippen LogP contribution in [0.1, 0.15) is 5.56 Å². The van der Waals surface area contributed by atoms with Crippen LogP contribution in [-0.4, -0.2) is 55.6 Å². The van der Waals surface area contributed by atoms with Gasteiger partial charge in [0.05, 0.1) is 0 Å². The Morgan fingerprint density at radius 1 is 1.05 bits per heavy atom. The lowest BCUT2D eigenvalue weighted by atomic mass is 10.2. The fourth-order valence-electron chi connectivity index (χ4n) is 1.35. The second-order valence-electron chi connectivity index (χ2n) is 4.06. The number of hydrogen-bond acceptors (Lipinski definition) is 7. The molecule has 1 rings (SSSR count). The van der Waals surface area contributed by atoms with Gasteiger partial charge in [0.1, 0.15) is 0 Å². The number of aliphatic carboxylic acids is 2. The van der Waals surface area contributed by atoms with Crippen LogP contribution in [0, 0.1) is 0 Å². The van der Waals surface area contributed by atoms with Gasteiger partial charge in [0, 0.05) is 6.08 Å². The number of ether oxygens (including phenoxy) is 1. The minimum absolute atomic E-state index is 0.290. The number of aliphatic hydroxyl groups excluding tert-OH is 1. The average molecular weight is 312 g/mol. The van der Waals surface area contributed by atoms with Gasteiger partial charge in [0.15, 0.2) is 17.6 Å². The highest BCUT2D eigenvalue weighted by molar-refractivity contribution is 5.91. The van der Waals surface area contributed by atoms with E-state index in [-0.39, 0.29) is 11.3 Å². The van der Waals surface area contributed by atoms with Gasteiger partial charge < -0.3 is 30.3 Å². The van der Waals surface area contributed by atoms with Gasteiger partial charge in [0.2, 0.25) is 6.10 Å². The predicted molar refractivity (Wildman–Crippen MR) is 70.0 cm³/mol. The number of rotatable bonds is 6. The maximum Gasteiger partial charge on any atom is 0.348 e. The van der Waals surface area contributed by atoms with Crippen molar-refractivity contribution < 1.29 is 44.7 Å². The standard InChI is InChI=1S/C13H12O9/c14-7-3-1-6(5-8(7)15)2-4-9(16)22-11(13(20)21)10(17)12(18)19/h1-5,10-11,14-15,17H,(H,18,19)(H,20,21)/b4-2+/t10?,11-/m1/s1. The van der Waals surface area contributed by atoms with E-state index in [4.69, 9.17) is 20.4 Å². The van der Waals surface area contributed by atoms with Gasteiger partial charge in [-0.25, -0.2) is 14.4 Å². The molecule has 2 atom stereocenters. The molecule has 1 aromatic rings. The number of aromatic hydroxyl groups is 2. The summed E-state index contributed by atoms with van der Waals surface area (Å²) in [5.74, 6) is -5.68. The SMILES string of the molecule is O=C(/C=C/c1ccc(O)c(O)c1)O[C@@H](C(=O)O)C(O)C(=O)O. The van der Waals surface area contributed by atoms with Gasteiger partial charge >= 0.3 is 17.9 Å². The topological polar surface area (TPSA) is 162 Å². The fraction of sp³-hybridized carbons (Fsp3) is 0.154. The summed E-state index contributed by atoms with van der Waals surface area (Å²) >= 11 is 0. The van der Waals surface area contributed by atoms with Crippen molar-refractivity contribution >= 4 is 24.0 Å². The van der Waals surface area contributed by atoms with E-state index in [1.54, 1.807) is 0 Å². The number of benzene rings is 1. The third-order valence-electron chi connectivity index (χ3n) is 2.44. The quantitative estimate of drug-likeness (QED) is 0.266. The number of aliphatic hydroxyl groups is 1. The van der Waals surface area contributed by atoms with E-state index in [1.165, 1.54) is 6.07 Å². The molecule has 0 fully saturated rings. The first-order valence-corrected chi connectivity index (χ1v) is 5.76. The number of esters is 1. The minimum Gasteiger partial charge on any atom is -0.504 e. The van der Waals surface area contributed by atoms with Crippen LogP contribution in [0.15, 0.2) is 24.3 Å². The van der Waals surface area contributed by atoms with Gasteiger partial charge in [0.25, 0.3) is 0 Å². The second kappa shape index (κ2) is 7.09. The van der Waals surface area contributed by atoms with Crippen molar-refractivity contribution in [2.24, 2.45) is 0 Å². The van der Waals surface area contributed by atoms with Crippen molar-refractivity contribution in [2.45, 2.75) is 12.2 Å². The van der Waals surface area contributed by atoms with Gasteiger partial charge in [-0.1, -0.05) is 6.07 Å². The van der Waals surface area contributed by atoms with Crippen LogP contribution in [0.4, 0.5) is 0 Å². The summed E-state index contributed by atoms with van der Waals surface area (Å²) in [6, 6.07) is 3.63. The Morgan fingerprint density at radius 2 is 1.68 bits per heavy atom. The molecule has 9 heteroatoms. The van der Waals surface area contributed by atoms with E-state index in [9.17, 15) is 19.5 Å². The van der Waals surface area contributed by atoms with E-state index in [0.717, 1.165) is 24.3 Å². The number of carbonyl (C=O) groups excluding carboxylic acids is 1. The van der Waals surface area contributed by atoms with Crippen LogP contribution < -0.4 is 0 Å². The molecule has 0 saturated heterocycles. The molecule has 0 radical (unpaired) electrons. The van der Waals surface area contributed by atoms with Crippen LogP contribution in [-0.2, 0) is 19.1 Å². The molecule has 1 unspecified atom stereocenters. The number of phenolic OH excluding ortho intramolecular Hbond substituents is 2. The molecule has 118 valence electrons. The largest absolute Gasteiger partial charge is 0.504 e. The zero-order chi connectivity index (χ0) is 16.9. The summed E-state index contributed by atoms with van der Waals surface area (Å²) in [4.78, 5) is 32.7. The normalized spacial score (nSPS) is 13.5. The van der Waals surface area contributed by atoms with Gasteiger partial charge in [-0.2, -0.15) is 0 Å². The Morgan fingerprint density at radius 3 is 2.18 bits per heavy atom. The molecule has 0 aliphatic rings. The molecule has 0 heterocycles. The van der Waals surface area contributed by atoms with Crippen molar-refractivity contribution in [1.82, 2.24) is 0 Å². The van der Waals surface area contributed by atoms with Gasteiger partial charge in [-0.05, 0) is 23.8 Å². The molecule has 9 nitrogen and oxygen atoms in total. The summed E-state index contributed by atoms with van der Waals surface area (Å²) in [6.45, 7) is 0. The Labute approximate surface area is 123 Å². The Kier molecular flexibility index (Phi) is 5.47. The highest BCUT2D eigenvalue weighted by Gasteiger charge is 2.35. The van der Waals surface area contributed by atoms with E-state index in [0.29, 0.717) is 0 Å². The van der Waals surface area contributed by atoms with Crippen molar-refractivity contribution in [2.75, 3.05) is 0 Å². The van der Waals surface area contributed by atoms with Crippen LogP contribution >= 0.6 is 0 Å². The first-order chi connectivity index (χ1) is 10.2. The van der Waals surface area contributed by atoms with Crippen LogP contribution in [0.5, 0.6) is 11.5 Å². The zero-order valence-corrected chi connectivity index (χ0v) is 10.9. The molecule has 22 heavy (non-hydrogen) atoms. The zero-order valence-electron chi connectivity index (χ0n) is 10.9. The molecule has 0 aliphatic carbocycles. The third-order valence-corrected chi connectivity index (χ3v) is 2.44. The first kappa shape index (κ1) is 17.0. The molecular formula is C13H12O9. The lowest BCUT2D eigenvalue weighted by Crippen LogP contribution is -2.42. The highest BCUT2D eigenvalue weighted by atomic mass is 16.6. The molecule has 0 saturated carbocycles. The van der Waals surface area contributed by atoms with Crippen molar-refractivity contribution in [3.63, 3.8) is 0 Å². The third kappa shape index (κ3) is 4.49. The number of carboxylic acids is 2. The molecule has 0 bridgehead atoms. The number of hydrogen-bond donors (Lipinski definition) is 5. The van der Waals surface area contributed by atoms with Gasteiger partial charge in [-0.3, -0.25) is 0 Å². The summed E-state index contributed by atoms with van der Waals surface area (Å²) in [5, 5.41) is 44.7. The Balaban J connectivity index is 2.78. The Hall–Kier alpha value is -3.07. The van der Waals surface area contributed by atoms with E-state index in [2.05, 4.69) is 4.74 Å². The summed E-state index contributed by atoms with van der Waals surface area (Å²) in [6.07, 6.45) is -2.76. The predicted octanol–water partition coefficient (Wildman–Crippen LogP) is -0.447. The maximum atomic E-state index is 11.4. The molecule has 0 aliphatic heterocycles. The Bertz CT molecular complexity index is 620. The number of carbonyl (C=O) groups is 3.